The summed E-state index contributed by atoms with van der Waals surface area (Å²) in [5.41, 5.74) is 0.972. The van der Waals surface area contributed by atoms with E-state index in [1.54, 1.807) is 10.8 Å². The van der Waals surface area contributed by atoms with Crippen LogP contribution in [0.4, 0.5) is 5.82 Å². The van der Waals surface area contributed by atoms with Crippen molar-refractivity contribution in [3.63, 3.8) is 0 Å². The topological polar surface area (TPSA) is 55.1 Å². The number of aryl methyl sites for hydroxylation is 1. The number of nitrogens with zero attached hydrogens (tertiary/aromatic N) is 4. The zero-order valence-corrected chi connectivity index (χ0v) is 12.3. The lowest BCUT2D eigenvalue weighted by molar-refractivity contribution is 0.282. The molecule has 0 aliphatic heterocycles. The third-order valence-corrected chi connectivity index (χ3v) is 4.37. The minimum Gasteiger partial charge on any atom is -0.370 e. The molecule has 0 atom stereocenters. The van der Waals surface area contributed by atoms with Crippen LogP contribution < -0.4 is 5.32 Å². The molecule has 5 nitrogen and oxygen atoms in total. The number of rotatable bonds is 4. The van der Waals surface area contributed by atoms with Crippen molar-refractivity contribution in [1.82, 2.24) is 19.6 Å². The molecule has 108 valence electrons. The summed E-state index contributed by atoms with van der Waals surface area (Å²) in [6, 6.07) is 2.03. The number of hydrogen-bond acceptors (Lipinski definition) is 4. The Morgan fingerprint density at radius 3 is 2.90 bits per heavy atom. The average Bonchev–Trinajstić information content (AvgIpc) is 2.89. The second-order valence-corrected chi connectivity index (χ2v) is 6.10. The summed E-state index contributed by atoms with van der Waals surface area (Å²) in [6.45, 7) is 5.36. The van der Waals surface area contributed by atoms with Crippen molar-refractivity contribution in [3.8, 4) is 0 Å². The van der Waals surface area contributed by atoms with E-state index in [1.165, 1.54) is 32.1 Å². The molecular formula is C15H23N5. The highest BCUT2D eigenvalue weighted by molar-refractivity contribution is 5.44. The van der Waals surface area contributed by atoms with Crippen molar-refractivity contribution in [2.75, 3.05) is 11.9 Å². The van der Waals surface area contributed by atoms with Crippen molar-refractivity contribution in [2.24, 2.45) is 11.8 Å². The minimum atomic E-state index is 0.666. The fourth-order valence-corrected chi connectivity index (χ4v) is 3.08. The zero-order chi connectivity index (χ0) is 13.9. The molecule has 0 aromatic carbocycles. The molecule has 2 aromatic rings. The Balaban J connectivity index is 1.58. The second-order valence-electron chi connectivity index (χ2n) is 6.10. The molecule has 1 N–H and O–H groups in total. The summed E-state index contributed by atoms with van der Waals surface area (Å²) in [4.78, 5) is 8.50. The van der Waals surface area contributed by atoms with Gasteiger partial charge in [-0.1, -0.05) is 32.6 Å². The molecule has 2 heterocycles. The normalized spacial score (nSPS) is 23.1. The molecule has 3 rings (SSSR count). The first-order valence-corrected chi connectivity index (χ1v) is 7.63. The first-order chi connectivity index (χ1) is 9.72. The largest absolute Gasteiger partial charge is 0.370 e. The quantitative estimate of drug-likeness (QED) is 0.930. The first kappa shape index (κ1) is 13.3. The molecule has 0 bridgehead atoms. The van der Waals surface area contributed by atoms with Gasteiger partial charge in [0.05, 0.1) is 0 Å². The summed E-state index contributed by atoms with van der Waals surface area (Å²) in [5, 5.41) is 7.71. The molecule has 0 amide bonds. The number of fused-ring (bicyclic) bond motifs is 1. The van der Waals surface area contributed by atoms with Gasteiger partial charge >= 0.3 is 0 Å². The van der Waals surface area contributed by atoms with E-state index in [-0.39, 0.29) is 0 Å². The molecule has 1 aliphatic rings. The van der Waals surface area contributed by atoms with E-state index in [0.717, 1.165) is 29.9 Å². The average molecular weight is 273 g/mol. The van der Waals surface area contributed by atoms with Gasteiger partial charge in [-0.05, 0) is 25.2 Å². The van der Waals surface area contributed by atoms with Gasteiger partial charge in [-0.25, -0.2) is 4.98 Å². The van der Waals surface area contributed by atoms with Gasteiger partial charge in [0, 0.05) is 18.3 Å². The van der Waals surface area contributed by atoms with E-state index in [9.17, 15) is 0 Å². The van der Waals surface area contributed by atoms with Gasteiger partial charge in [0.1, 0.15) is 12.1 Å². The molecule has 1 saturated carbocycles. The monoisotopic (exact) mass is 273 g/mol. The van der Waals surface area contributed by atoms with Gasteiger partial charge in [0.25, 0.3) is 5.78 Å². The summed E-state index contributed by atoms with van der Waals surface area (Å²) >= 11 is 0. The lowest BCUT2D eigenvalue weighted by atomic mass is 9.81. The molecule has 20 heavy (non-hydrogen) atoms. The van der Waals surface area contributed by atoms with Crippen LogP contribution in [0.1, 0.15) is 44.7 Å². The van der Waals surface area contributed by atoms with Crippen LogP contribution in [0.25, 0.3) is 5.78 Å². The Kier molecular flexibility index (Phi) is 3.85. The third-order valence-electron chi connectivity index (χ3n) is 4.37. The summed E-state index contributed by atoms with van der Waals surface area (Å²) in [7, 11) is 0. The van der Waals surface area contributed by atoms with Crippen molar-refractivity contribution >= 4 is 11.6 Å². The van der Waals surface area contributed by atoms with Crippen molar-refractivity contribution in [1.29, 1.82) is 0 Å². The first-order valence-electron chi connectivity index (χ1n) is 7.63. The molecule has 1 fully saturated rings. The molecule has 2 aromatic heterocycles. The van der Waals surface area contributed by atoms with Crippen LogP contribution in [0.15, 0.2) is 12.4 Å². The Hall–Kier alpha value is -1.65. The van der Waals surface area contributed by atoms with Crippen LogP contribution in [0.5, 0.6) is 0 Å². The van der Waals surface area contributed by atoms with Crippen LogP contribution >= 0.6 is 0 Å². The second kappa shape index (κ2) is 5.77. The summed E-state index contributed by atoms with van der Waals surface area (Å²) in [5.74, 6) is 3.47. The Morgan fingerprint density at radius 2 is 2.10 bits per heavy atom. The highest BCUT2D eigenvalue weighted by atomic mass is 15.3. The van der Waals surface area contributed by atoms with E-state index in [1.807, 2.05) is 13.0 Å². The van der Waals surface area contributed by atoms with Crippen molar-refractivity contribution < 1.29 is 0 Å². The Labute approximate surface area is 119 Å². The lowest BCUT2D eigenvalue weighted by Gasteiger charge is -2.26. The maximum Gasteiger partial charge on any atom is 0.254 e. The molecular weight excluding hydrogens is 250 g/mol. The zero-order valence-electron chi connectivity index (χ0n) is 12.3. The van der Waals surface area contributed by atoms with Gasteiger partial charge in [0.15, 0.2) is 0 Å². The highest BCUT2D eigenvalue weighted by Crippen LogP contribution is 2.30. The van der Waals surface area contributed by atoms with E-state index < -0.39 is 0 Å². The molecule has 0 spiro atoms. The van der Waals surface area contributed by atoms with E-state index in [4.69, 9.17) is 0 Å². The molecule has 1 aliphatic carbocycles. The standard InChI is InChI=1S/C15H23N5/c1-11-3-5-13(6-4-11)7-8-16-14-9-12(2)19-15-17-10-18-20(14)15/h9-11,13,16H,3-8H2,1-2H3. The Morgan fingerprint density at radius 1 is 1.30 bits per heavy atom. The van der Waals surface area contributed by atoms with E-state index >= 15 is 0 Å². The Bertz CT molecular complexity index is 569. The fraction of sp³-hybridized carbons (Fsp3) is 0.667. The number of aromatic nitrogens is 4. The van der Waals surface area contributed by atoms with Gasteiger partial charge < -0.3 is 5.32 Å². The van der Waals surface area contributed by atoms with Crippen molar-refractivity contribution in [2.45, 2.75) is 46.0 Å². The SMILES string of the molecule is Cc1cc(NCCC2CCC(C)CC2)n2ncnc2n1. The summed E-state index contributed by atoms with van der Waals surface area (Å²) in [6.07, 6.45) is 8.35. The van der Waals surface area contributed by atoms with Crippen LogP contribution in [-0.2, 0) is 0 Å². The van der Waals surface area contributed by atoms with E-state index in [2.05, 4.69) is 27.3 Å². The van der Waals surface area contributed by atoms with E-state index in [0.29, 0.717) is 5.78 Å². The maximum absolute atomic E-state index is 4.35. The minimum absolute atomic E-state index is 0.666. The molecule has 5 heteroatoms. The fourth-order valence-electron chi connectivity index (χ4n) is 3.08. The number of nitrogens with one attached hydrogen (secondary N) is 1. The van der Waals surface area contributed by atoms with Gasteiger partial charge in [-0.2, -0.15) is 14.6 Å². The van der Waals surface area contributed by atoms with Crippen molar-refractivity contribution in [3.05, 3.63) is 18.1 Å². The number of anilines is 1. The predicted octanol–water partition coefficient (Wildman–Crippen LogP) is 3.06. The van der Waals surface area contributed by atoms with Crippen LogP contribution in [-0.4, -0.2) is 26.1 Å². The van der Waals surface area contributed by atoms with Crippen LogP contribution in [0.2, 0.25) is 0 Å². The van der Waals surface area contributed by atoms with Gasteiger partial charge in [-0.15, -0.1) is 0 Å². The van der Waals surface area contributed by atoms with Gasteiger partial charge in [-0.3, -0.25) is 0 Å². The van der Waals surface area contributed by atoms with Crippen LogP contribution in [0.3, 0.4) is 0 Å². The maximum atomic E-state index is 4.35. The van der Waals surface area contributed by atoms with Crippen LogP contribution in [0, 0.1) is 18.8 Å². The van der Waals surface area contributed by atoms with Gasteiger partial charge in [0.2, 0.25) is 0 Å². The smallest absolute Gasteiger partial charge is 0.254 e. The number of hydrogen-bond donors (Lipinski definition) is 1. The highest BCUT2D eigenvalue weighted by Gasteiger charge is 2.17. The lowest BCUT2D eigenvalue weighted by Crippen LogP contribution is -2.16. The predicted molar refractivity (Wildman–Crippen MR) is 79.7 cm³/mol. The molecule has 0 unspecified atom stereocenters. The third kappa shape index (κ3) is 2.92. The molecule has 0 saturated heterocycles. The molecule has 0 radical (unpaired) electrons. The summed E-state index contributed by atoms with van der Waals surface area (Å²) < 4.78 is 1.77.